The number of halogens is 1. The van der Waals surface area contributed by atoms with Gasteiger partial charge in [0.25, 0.3) is 0 Å². The number of rotatable bonds is 6. The maximum absolute atomic E-state index is 13.6. The maximum Gasteiger partial charge on any atom is 0.240 e. The lowest BCUT2D eigenvalue weighted by Gasteiger charge is -2.26. The van der Waals surface area contributed by atoms with Gasteiger partial charge in [0.05, 0.1) is 6.42 Å². The Balaban J connectivity index is 0.000000374. The molecule has 2 amide bonds. The molecule has 1 heterocycles. The summed E-state index contributed by atoms with van der Waals surface area (Å²) in [5.41, 5.74) is 1.73. The van der Waals surface area contributed by atoms with E-state index in [0.717, 1.165) is 30.6 Å². The van der Waals surface area contributed by atoms with Gasteiger partial charge in [-0.3, -0.25) is 9.59 Å². The Morgan fingerprint density at radius 3 is 2.36 bits per heavy atom. The van der Waals surface area contributed by atoms with Crippen LogP contribution in [0.3, 0.4) is 0 Å². The van der Waals surface area contributed by atoms with Crippen LogP contribution in [0.2, 0.25) is 0 Å². The van der Waals surface area contributed by atoms with E-state index in [4.69, 9.17) is 0 Å². The molecule has 174 valence electrons. The summed E-state index contributed by atoms with van der Waals surface area (Å²) in [5.74, 6) is -0.832. The highest BCUT2D eigenvalue weighted by Gasteiger charge is 2.22. The van der Waals surface area contributed by atoms with Crippen LogP contribution in [0.4, 0.5) is 10.1 Å². The van der Waals surface area contributed by atoms with Crippen LogP contribution in [0.5, 0.6) is 0 Å². The number of amides is 2. The van der Waals surface area contributed by atoms with E-state index in [-0.39, 0.29) is 30.8 Å². The molecule has 0 spiro atoms. The van der Waals surface area contributed by atoms with Gasteiger partial charge in [0.2, 0.25) is 11.8 Å². The molecule has 0 atom stereocenters. The Labute approximate surface area is 199 Å². The topological polar surface area (TPSA) is 49.4 Å². The molecule has 33 heavy (non-hydrogen) atoms. The number of hydrogen-bond donors (Lipinski definition) is 1. The van der Waals surface area contributed by atoms with Gasteiger partial charge in [0, 0.05) is 16.6 Å². The third-order valence-electron chi connectivity index (χ3n) is 5.54. The van der Waals surface area contributed by atoms with Gasteiger partial charge < -0.3 is 10.2 Å². The van der Waals surface area contributed by atoms with E-state index in [2.05, 4.69) is 24.4 Å². The van der Waals surface area contributed by atoms with Gasteiger partial charge in [-0.1, -0.05) is 67.3 Å². The van der Waals surface area contributed by atoms with Crippen LogP contribution in [0.15, 0.2) is 72.1 Å². The van der Waals surface area contributed by atoms with Crippen LogP contribution >= 0.6 is 11.3 Å². The molecule has 1 saturated carbocycles. The molecule has 1 aliphatic rings. The van der Waals surface area contributed by atoms with E-state index in [0.29, 0.717) is 5.69 Å². The number of carbonyl (C=O) groups is 2. The Hall–Kier alpha value is -2.99. The highest BCUT2D eigenvalue weighted by atomic mass is 32.1. The van der Waals surface area contributed by atoms with Gasteiger partial charge in [-0.15, -0.1) is 11.3 Å². The molecule has 0 bridgehead atoms. The number of nitrogens with zero attached hydrogens (tertiary/aromatic N) is 1. The zero-order valence-corrected chi connectivity index (χ0v) is 19.8. The van der Waals surface area contributed by atoms with Crippen LogP contribution in [0, 0.1) is 12.7 Å². The second-order valence-corrected chi connectivity index (χ2v) is 9.31. The van der Waals surface area contributed by atoms with E-state index in [9.17, 15) is 14.0 Å². The minimum absolute atomic E-state index is 0.0931. The third kappa shape index (κ3) is 8.46. The fourth-order valence-electron chi connectivity index (χ4n) is 3.82. The number of anilines is 1. The second kappa shape index (κ2) is 12.9. The van der Waals surface area contributed by atoms with Gasteiger partial charge in [-0.25, -0.2) is 4.39 Å². The van der Waals surface area contributed by atoms with Crippen LogP contribution in [-0.4, -0.2) is 24.4 Å². The quantitative estimate of drug-likeness (QED) is 0.491. The lowest BCUT2D eigenvalue weighted by molar-refractivity contribution is -0.124. The van der Waals surface area contributed by atoms with Gasteiger partial charge in [-0.05, 0) is 49.4 Å². The van der Waals surface area contributed by atoms with Crippen molar-refractivity contribution in [2.75, 3.05) is 11.4 Å². The average Bonchev–Trinajstić information content (AvgIpc) is 3.32. The van der Waals surface area contributed by atoms with Crippen molar-refractivity contribution in [1.82, 2.24) is 5.32 Å². The van der Waals surface area contributed by atoms with E-state index in [1.54, 1.807) is 12.1 Å². The summed E-state index contributed by atoms with van der Waals surface area (Å²) in [4.78, 5) is 27.6. The summed E-state index contributed by atoms with van der Waals surface area (Å²) < 4.78 is 13.6. The molecule has 1 N–H and O–H groups in total. The Kier molecular flexibility index (Phi) is 9.63. The molecule has 0 aliphatic heterocycles. The molecule has 1 aromatic heterocycles. The first-order valence-corrected chi connectivity index (χ1v) is 12.3. The van der Waals surface area contributed by atoms with E-state index >= 15 is 0 Å². The van der Waals surface area contributed by atoms with Crippen LogP contribution < -0.4 is 10.2 Å². The SMILES string of the molecule is Cc1ccccc1.O=C(CN(C(=O)Cc1cccs1)c1cccc(F)c1)NC1CCCCC1. The monoisotopic (exact) mass is 466 g/mol. The van der Waals surface area contributed by atoms with E-state index in [1.165, 1.54) is 40.4 Å². The molecular formula is C27H31FN2O2S. The van der Waals surface area contributed by atoms with Crippen molar-refractivity contribution >= 4 is 28.8 Å². The van der Waals surface area contributed by atoms with Gasteiger partial charge in [-0.2, -0.15) is 0 Å². The highest BCUT2D eigenvalue weighted by molar-refractivity contribution is 7.10. The van der Waals surface area contributed by atoms with E-state index in [1.807, 2.05) is 35.7 Å². The Morgan fingerprint density at radius 1 is 1.00 bits per heavy atom. The predicted molar refractivity (Wildman–Crippen MR) is 133 cm³/mol. The number of hydrogen-bond acceptors (Lipinski definition) is 3. The molecular weight excluding hydrogens is 435 g/mol. The van der Waals surface area contributed by atoms with Gasteiger partial charge >= 0.3 is 0 Å². The molecule has 0 saturated heterocycles. The van der Waals surface area contributed by atoms with Crippen molar-refractivity contribution in [1.29, 1.82) is 0 Å². The van der Waals surface area contributed by atoms with Crippen molar-refractivity contribution in [2.45, 2.75) is 51.5 Å². The summed E-state index contributed by atoms with van der Waals surface area (Å²) in [5, 5.41) is 4.93. The normalized spacial score (nSPS) is 13.5. The second-order valence-electron chi connectivity index (χ2n) is 8.27. The minimum atomic E-state index is -0.427. The fraction of sp³-hybridized carbons (Fsp3) is 0.333. The Morgan fingerprint density at radius 2 is 1.76 bits per heavy atom. The minimum Gasteiger partial charge on any atom is -0.352 e. The fourth-order valence-corrected chi connectivity index (χ4v) is 4.52. The molecule has 4 nitrogen and oxygen atoms in total. The molecule has 4 rings (SSSR count). The number of carbonyl (C=O) groups excluding carboxylic acids is 2. The number of nitrogens with one attached hydrogen (secondary N) is 1. The van der Waals surface area contributed by atoms with Crippen molar-refractivity contribution < 1.29 is 14.0 Å². The Bertz CT molecular complexity index is 1000. The molecule has 3 aromatic rings. The molecule has 2 aromatic carbocycles. The predicted octanol–water partition coefficient (Wildman–Crippen LogP) is 5.91. The summed E-state index contributed by atoms with van der Waals surface area (Å²) >= 11 is 1.49. The number of aryl methyl sites for hydroxylation is 1. The lowest BCUT2D eigenvalue weighted by atomic mass is 9.95. The van der Waals surface area contributed by atoms with Crippen LogP contribution in [0.1, 0.15) is 42.5 Å². The third-order valence-corrected chi connectivity index (χ3v) is 6.42. The van der Waals surface area contributed by atoms with Crippen molar-refractivity contribution in [2.24, 2.45) is 0 Å². The molecule has 0 unspecified atom stereocenters. The molecule has 1 aliphatic carbocycles. The summed E-state index contributed by atoms with van der Waals surface area (Å²) in [6, 6.07) is 20.0. The van der Waals surface area contributed by atoms with E-state index < -0.39 is 5.82 Å². The zero-order chi connectivity index (χ0) is 23.5. The summed E-state index contributed by atoms with van der Waals surface area (Å²) in [7, 11) is 0. The van der Waals surface area contributed by atoms with Crippen LogP contribution in [-0.2, 0) is 16.0 Å². The van der Waals surface area contributed by atoms with Crippen molar-refractivity contribution in [3.8, 4) is 0 Å². The van der Waals surface area contributed by atoms with Gasteiger partial charge in [0.1, 0.15) is 12.4 Å². The standard InChI is InChI=1S/C20H23FN2O2S.C7H8/c21-15-6-4-9-17(12-15)23(20(25)13-18-10-5-11-26-18)14-19(24)22-16-7-2-1-3-8-16;1-7-5-3-2-4-6-7/h4-6,9-12,16H,1-3,7-8,13-14H2,(H,22,24);2-6H,1H3. The van der Waals surface area contributed by atoms with Crippen molar-refractivity contribution in [3.05, 3.63) is 88.4 Å². The number of thiophene rings is 1. The first-order valence-electron chi connectivity index (χ1n) is 11.4. The van der Waals surface area contributed by atoms with Crippen molar-refractivity contribution in [3.63, 3.8) is 0 Å². The molecule has 0 radical (unpaired) electrons. The highest BCUT2D eigenvalue weighted by Crippen LogP contribution is 2.20. The zero-order valence-electron chi connectivity index (χ0n) is 19.0. The largest absolute Gasteiger partial charge is 0.352 e. The number of benzene rings is 2. The summed E-state index contributed by atoms with van der Waals surface area (Å²) in [6.07, 6.45) is 5.61. The van der Waals surface area contributed by atoms with Gasteiger partial charge in [0.15, 0.2) is 0 Å². The first kappa shape index (κ1) is 24.6. The van der Waals surface area contributed by atoms with Crippen LogP contribution in [0.25, 0.3) is 0 Å². The molecule has 1 fully saturated rings. The smallest absolute Gasteiger partial charge is 0.240 e. The lowest BCUT2D eigenvalue weighted by Crippen LogP contribution is -2.45. The summed E-state index contributed by atoms with van der Waals surface area (Å²) in [6.45, 7) is 1.99. The first-order chi connectivity index (χ1) is 16.0. The maximum atomic E-state index is 13.6. The average molecular weight is 467 g/mol. The molecule has 6 heteroatoms.